The maximum Gasteiger partial charge on any atom is 0.133 e. The van der Waals surface area contributed by atoms with Gasteiger partial charge in [-0.2, -0.15) is 5.10 Å². The minimum atomic E-state index is -0.224. The Balaban J connectivity index is 1.92. The second-order valence-electron chi connectivity index (χ2n) is 6.29. The van der Waals surface area contributed by atoms with Crippen LogP contribution in [0, 0.1) is 12.7 Å². The molecule has 2 heterocycles. The van der Waals surface area contributed by atoms with Crippen LogP contribution in [0.5, 0.6) is 0 Å². The number of hydrogen-bond donors (Lipinski definition) is 1. The van der Waals surface area contributed by atoms with Gasteiger partial charge < -0.3 is 5.32 Å². The molecule has 1 aromatic heterocycles. The Hall–Kier alpha value is -2.62. The van der Waals surface area contributed by atoms with Crippen molar-refractivity contribution in [3.05, 3.63) is 65.5 Å². The van der Waals surface area contributed by atoms with E-state index in [0.29, 0.717) is 5.56 Å². The summed E-state index contributed by atoms with van der Waals surface area (Å²) in [5, 5.41) is 8.27. The van der Waals surface area contributed by atoms with Gasteiger partial charge in [0, 0.05) is 17.7 Å². The first-order chi connectivity index (χ1) is 11.7. The molecule has 2 aromatic carbocycles. The Kier molecular flexibility index (Phi) is 3.81. The van der Waals surface area contributed by atoms with Gasteiger partial charge >= 0.3 is 0 Å². The van der Waals surface area contributed by atoms with E-state index in [-0.39, 0.29) is 5.82 Å². The van der Waals surface area contributed by atoms with Crippen LogP contribution in [-0.4, -0.2) is 16.3 Å². The van der Waals surface area contributed by atoms with Crippen molar-refractivity contribution in [2.45, 2.75) is 26.2 Å². The fraction of sp³-hybridized carbons (Fsp3) is 0.250. The molecule has 0 bridgehead atoms. The molecule has 0 saturated heterocycles. The molecule has 0 spiro atoms. The van der Waals surface area contributed by atoms with Gasteiger partial charge in [0.25, 0.3) is 0 Å². The maximum absolute atomic E-state index is 14.3. The summed E-state index contributed by atoms with van der Waals surface area (Å²) in [6, 6.07) is 15.1. The molecule has 4 rings (SSSR count). The van der Waals surface area contributed by atoms with Crippen LogP contribution in [0.2, 0.25) is 0 Å². The lowest BCUT2D eigenvalue weighted by Crippen LogP contribution is -2.07. The normalized spacial score (nSPS) is 13.9. The van der Waals surface area contributed by atoms with Crippen LogP contribution >= 0.6 is 0 Å². The molecular weight excluding hydrogens is 301 g/mol. The van der Waals surface area contributed by atoms with Gasteiger partial charge in [-0.3, -0.25) is 0 Å². The zero-order chi connectivity index (χ0) is 16.5. The Labute approximate surface area is 141 Å². The van der Waals surface area contributed by atoms with Gasteiger partial charge in [0.05, 0.1) is 5.69 Å². The number of fused-ring (bicyclic) bond motifs is 1. The SMILES string of the molecule is Cc1ccc(-n2nc(-c3ccccc3F)c3c2NCCCC3)cc1. The summed E-state index contributed by atoms with van der Waals surface area (Å²) in [6.45, 7) is 2.98. The molecule has 1 aliphatic rings. The number of nitrogens with zero attached hydrogens (tertiary/aromatic N) is 2. The van der Waals surface area contributed by atoms with Crippen LogP contribution in [0.25, 0.3) is 16.9 Å². The van der Waals surface area contributed by atoms with Crippen LogP contribution in [0.3, 0.4) is 0 Å². The first-order valence-electron chi connectivity index (χ1n) is 8.42. The van der Waals surface area contributed by atoms with E-state index < -0.39 is 0 Å². The fourth-order valence-electron chi connectivity index (χ4n) is 3.24. The first-order valence-corrected chi connectivity index (χ1v) is 8.42. The Morgan fingerprint density at radius 2 is 1.83 bits per heavy atom. The Bertz CT molecular complexity index is 865. The molecule has 0 unspecified atom stereocenters. The molecule has 0 fully saturated rings. The second kappa shape index (κ2) is 6.11. The molecule has 0 atom stereocenters. The van der Waals surface area contributed by atoms with Gasteiger partial charge in [-0.1, -0.05) is 29.8 Å². The molecule has 4 heteroatoms. The van der Waals surface area contributed by atoms with Crippen molar-refractivity contribution in [3.8, 4) is 16.9 Å². The highest BCUT2D eigenvalue weighted by Crippen LogP contribution is 2.34. The van der Waals surface area contributed by atoms with E-state index in [0.717, 1.165) is 48.6 Å². The number of nitrogens with one attached hydrogen (secondary N) is 1. The van der Waals surface area contributed by atoms with Crippen molar-refractivity contribution < 1.29 is 4.39 Å². The second-order valence-corrected chi connectivity index (χ2v) is 6.29. The van der Waals surface area contributed by atoms with E-state index in [1.54, 1.807) is 6.07 Å². The van der Waals surface area contributed by atoms with E-state index >= 15 is 0 Å². The number of rotatable bonds is 2. The molecule has 1 aliphatic heterocycles. The van der Waals surface area contributed by atoms with Crippen LogP contribution < -0.4 is 5.32 Å². The summed E-state index contributed by atoms with van der Waals surface area (Å²) in [6.07, 6.45) is 3.11. The molecule has 1 N–H and O–H groups in total. The van der Waals surface area contributed by atoms with E-state index in [2.05, 4.69) is 36.5 Å². The predicted octanol–water partition coefficient (Wildman–Crippen LogP) is 4.74. The van der Waals surface area contributed by atoms with Crippen LogP contribution in [0.15, 0.2) is 48.5 Å². The van der Waals surface area contributed by atoms with Crippen LogP contribution in [-0.2, 0) is 6.42 Å². The number of benzene rings is 2. The number of aryl methyl sites for hydroxylation is 1. The summed E-state index contributed by atoms with van der Waals surface area (Å²) in [5.74, 6) is 0.771. The summed E-state index contributed by atoms with van der Waals surface area (Å²) in [7, 11) is 0. The van der Waals surface area contributed by atoms with E-state index in [9.17, 15) is 4.39 Å². The van der Waals surface area contributed by atoms with Gasteiger partial charge in [-0.05, 0) is 50.5 Å². The fourth-order valence-corrected chi connectivity index (χ4v) is 3.24. The Morgan fingerprint density at radius 1 is 1.04 bits per heavy atom. The maximum atomic E-state index is 14.3. The number of aromatic nitrogens is 2. The average Bonchev–Trinajstić information content (AvgIpc) is 2.78. The standard InChI is InChI=1S/C20H20FN3/c1-14-9-11-15(12-10-14)24-20-17(7-4-5-13-22-20)19(23-24)16-6-2-3-8-18(16)21/h2-3,6,8-12,22H,4-5,7,13H2,1H3. The largest absolute Gasteiger partial charge is 0.370 e. The van der Waals surface area contributed by atoms with Gasteiger partial charge in [0.2, 0.25) is 0 Å². The quantitative estimate of drug-likeness (QED) is 0.739. The highest BCUT2D eigenvalue weighted by molar-refractivity contribution is 5.71. The van der Waals surface area contributed by atoms with Crippen LogP contribution in [0.1, 0.15) is 24.0 Å². The number of anilines is 1. The summed E-state index contributed by atoms with van der Waals surface area (Å²) in [5.41, 5.74) is 4.63. The highest BCUT2D eigenvalue weighted by Gasteiger charge is 2.23. The van der Waals surface area contributed by atoms with Crippen LogP contribution in [0.4, 0.5) is 10.2 Å². The summed E-state index contributed by atoms with van der Waals surface area (Å²) in [4.78, 5) is 0. The van der Waals surface area contributed by atoms with Crippen molar-refractivity contribution in [2.24, 2.45) is 0 Å². The van der Waals surface area contributed by atoms with Crippen molar-refractivity contribution >= 4 is 5.82 Å². The molecule has 3 aromatic rings. The number of hydrogen-bond acceptors (Lipinski definition) is 2. The van der Waals surface area contributed by atoms with Gasteiger partial charge in [0.1, 0.15) is 17.3 Å². The van der Waals surface area contributed by atoms with Gasteiger partial charge in [0.15, 0.2) is 0 Å². The minimum Gasteiger partial charge on any atom is -0.370 e. The topological polar surface area (TPSA) is 29.9 Å². The van der Waals surface area contributed by atoms with E-state index in [1.807, 2.05) is 16.8 Å². The third-order valence-electron chi connectivity index (χ3n) is 4.54. The van der Waals surface area contributed by atoms with Crippen molar-refractivity contribution in [1.29, 1.82) is 0 Å². The smallest absolute Gasteiger partial charge is 0.133 e. The lowest BCUT2D eigenvalue weighted by atomic mass is 10.0. The Morgan fingerprint density at radius 3 is 2.62 bits per heavy atom. The third kappa shape index (κ3) is 2.58. The third-order valence-corrected chi connectivity index (χ3v) is 4.54. The van der Waals surface area contributed by atoms with Gasteiger partial charge in [-0.15, -0.1) is 0 Å². The zero-order valence-corrected chi connectivity index (χ0v) is 13.7. The van der Waals surface area contributed by atoms with Crippen molar-refractivity contribution in [2.75, 3.05) is 11.9 Å². The number of halogens is 1. The van der Waals surface area contributed by atoms with Crippen molar-refractivity contribution in [1.82, 2.24) is 9.78 Å². The van der Waals surface area contributed by atoms with Crippen molar-refractivity contribution in [3.63, 3.8) is 0 Å². The van der Waals surface area contributed by atoms with E-state index in [1.165, 1.54) is 11.6 Å². The molecule has 0 amide bonds. The summed E-state index contributed by atoms with van der Waals surface area (Å²) >= 11 is 0. The average molecular weight is 321 g/mol. The monoisotopic (exact) mass is 321 g/mol. The molecule has 3 nitrogen and oxygen atoms in total. The van der Waals surface area contributed by atoms with Gasteiger partial charge in [-0.25, -0.2) is 9.07 Å². The molecule has 0 aliphatic carbocycles. The predicted molar refractivity (Wildman–Crippen MR) is 95.1 cm³/mol. The lowest BCUT2D eigenvalue weighted by Gasteiger charge is -2.09. The molecule has 0 saturated carbocycles. The minimum absolute atomic E-state index is 0.224. The molecule has 0 radical (unpaired) electrons. The molecular formula is C20H20FN3. The summed E-state index contributed by atoms with van der Waals surface area (Å²) < 4.78 is 16.3. The zero-order valence-electron chi connectivity index (χ0n) is 13.7. The van der Waals surface area contributed by atoms with E-state index in [4.69, 9.17) is 5.10 Å². The highest BCUT2D eigenvalue weighted by atomic mass is 19.1. The molecule has 24 heavy (non-hydrogen) atoms. The first kappa shape index (κ1) is 14.9. The lowest BCUT2D eigenvalue weighted by molar-refractivity contribution is 0.630. The molecule has 122 valence electrons.